The zero-order valence-electron chi connectivity index (χ0n) is 9.98. The van der Waals surface area contributed by atoms with Gasteiger partial charge in [-0.3, -0.25) is 9.69 Å². The first-order valence-electron chi connectivity index (χ1n) is 6.43. The molecule has 1 saturated heterocycles. The van der Waals surface area contributed by atoms with E-state index in [9.17, 15) is 9.90 Å². The van der Waals surface area contributed by atoms with Crippen molar-refractivity contribution in [1.29, 1.82) is 0 Å². The van der Waals surface area contributed by atoms with Gasteiger partial charge in [-0.15, -0.1) is 0 Å². The second kappa shape index (κ2) is 5.15. The number of carbonyl (C=O) groups excluding carboxylic acids is 1. The summed E-state index contributed by atoms with van der Waals surface area (Å²) in [4.78, 5) is 14.1. The number of carbonyl (C=O) groups is 1. The first-order valence-corrected chi connectivity index (χ1v) is 6.43. The highest BCUT2D eigenvalue weighted by atomic mass is 16.3. The smallest absolute Gasteiger partial charge is 0.237 e. The largest absolute Gasteiger partial charge is 0.392 e. The van der Waals surface area contributed by atoms with E-state index in [1.807, 2.05) is 6.92 Å². The van der Waals surface area contributed by atoms with Crippen molar-refractivity contribution < 1.29 is 9.90 Å². The Kier molecular flexibility index (Phi) is 3.82. The number of nitrogens with zero attached hydrogens (tertiary/aromatic N) is 1. The molecular formula is C12H22N2O2. The predicted molar refractivity (Wildman–Crippen MR) is 62.1 cm³/mol. The maximum Gasteiger partial charge on any atom is 0.237 e. The normalized spacial score (nSPS) is 28.0. The van der Waals surface area contributed by atoms with Crippen LogP contribution in [0.5, 0.6) is 0 Å². The van der Waals surface area contributed by atoms with Crippen molar-refractivity contribution in [2.45, 2.75) is 57.2 Å². The summed E-state index contributed by atoms with van der Waals surface area (Å²) in [5, 5.41) is 12.7. The molecule has 92 valence electrons. The molecule has 1 saturated carbocycles. The molecule has 2 rings (SSSR count). The maximum absolute atomic E-state index is 11.9. The van der Waals surface area contributed by atoms with Crippen molar-refractivity contribution in [2.24, 2.45) is 0 Å². The van der Waals surface area contributed by atoms with Crippen LogP contribution in [0.3, 0.4) is 0 Å². The zero-order valence-corrected chi connectivity index (χ0v) is 9.98. The summed E-state index contributed by atoms with van der Waals surface area (Å²) in [6.45, 7) is 3.55. The Morgan fingerprint density at radius 1 is 1.50 bits per heavy atom. The van der Waals surface area contributed by atoms with Gasteiger partial charge in [0.25, 0.3) is 0 Å². The third kappa shape index (κ3) is 2.95. The summed E-state index contributed by atoms with van der Waals surface area (Å²) in [7, 11) is 0. The van der Waals surface area contributed by atoms with Crippen molar-refractivity contribution >= 4 is 5.91 Å². The topological polar surface area (TPSA) is 52.6 Å². The first kappa shape index (κ1) is 11.9. The molecule has 2 fully saturated rings. The number of rotatable bonds is 5. The fourth-order valence-electron chi connectivity index (χ4n) is 2.27. The number of aliphatic hydroxyl groups excluding tert-OH is 1. The third-order valence-corrected chi connectivity index (χ3v) is 3.51. The summed E-state index contributed by atoms with van der Waals surface area (Å²) in [5.41, 5.74) is 0. The van der Waals surface area contributed by atoms with Crippen LogP contribution >= 0.6 is 0 Å². The van der Waals surface area contributed by atoms with Crippen LogP contribution in [0.25, 0.3) is 0 Å². The molecule has 0 aromatic carbocycles. The monoisotopic (exact) mass is 226 g/mol. The second-order valence-corrected chi connectivity index (χ2v) is 5.00. The molecule has 1 aliphatic heterocycles. The van der Waals surface area contributed by atoms with Gasteiger partial charge in [0.1, 0.15) is 0 Å². The van der Waals surface area contributed by atoms with Crippen molar-refractivity contribution in [3.63, 3.8) is 0 Å². The minimum absolute atomic E-state index is 0.00167. The van der Waals surface area contributed by atoms with E-state index < -0.39 is 0 Å². The predicted octanol–water partition coefficient (Wildman–Crippen LogP) is 0.500. The van der Waals surface area contributed by atoms with Crippen molar-refractivity contribution in [3.8, 4) is 0 Å². The van der Waals surface area contributed by atoms with E-state index in [-0.39, 0.29) is 18.1 Å². The molecule has 1 amide bonds. The molecule has 0 bridgehead atoms. The van der Waals surface area contributed by atoms with Crippen molar-refractivity contribution in [2.75, 3.05) is 13.1 Å². The number of likely N-dealkylation sites (tertiary alicyclic amines) is 1. The Labute approximate surface area is 97.0 Å². The number of hydrogen-bond donors (Lipinski definition) is 2. The Bertz CT molecular complexity index is 253. The Morgan fingerprint density at radius 3 is 2.88 bits per heavy atom. The van der Waals surface area contributed by atoms with Gasteiger partial charge < -0.3 is 10.4 Å². The zero-order chi connectivity index (χ0) is 11.5. The molecule has 2 atom stereocenters. The highest BCUT2D eigenvalue weighted by molar-refractivity contribution is 5.82. The van der Waals surface area contributed by atoms with E-state index in [0.717, 1.165) is 38.6 Å². The van der Waals surface area contributed by atoms with Crippen LogP contribution in [0.15, 0.2) is 0 Å². The number of aliphatic hydroxyl groups is 1. The average molecular weight is 226 g/mol. The van der Waals surface area contributed by atoms with Crippen LogP contribution in [0.4, 0.5) is 0 Å². The van der Waals surface area contributed by atoms with Gasteiger partial charge in [0.15, 0.2) is 0 Å². The van der Waals surface area contributed by atoms with Gasteiger partial charge in [0.2, 0.25) is 5.91 Å². The SMILES string of the molecule is CC[C@@H](O)CN1CCC[C@H]1C(=O)NC1CC1. The molecule has 2 aliphatic rings. The van der Waals surface area contributed by atoms with Gasteiger partial charge in [-0.2, -0.15) is 0 Å². The molecule has 0 aromatic rings. The molecule has 0 aromatic heterocycles. The van der Waals surface area contributed by atoms with Gasteiger partial charge in [0.05, 0.1) is 12.1 Å². The Morgan fingerprint density at radius 2 is 2.25 bits per heavy atom. The standard InChI is InChI=1S/C12H22N2O2/c1-2-10(15)8-14-7-3-4-11(14)12(16)13-9-5-6-9/h9-11,15H,2-8H2,1H3,(H,13,16)/t10-,11+/m1/s1. The van der Waals surface area contributed by atoms with Crippen molar-refractivity contribution in [1.82, 2.24) is 10.2 Å². The lowest BCUT2D eigenvalue weighted by atomic mass is 10.2. The molecule has 16 heavy (non-hydrogen) atoms. The third-order valence-electron chi connectivity index (χ3n) is 3.51. The maximum atomic E-state index is 11.9. The quantitative estimate of drug-likeness (QED) is 0.718. The second-order valence-electron chi connectivity index (χ2n) is 5.00. The van der Waals surface area contributed by atoms with E-state index in [1.54, 1.807) is 0 Å². The van der Waals surface area contributed by atoms with Gasteiger partial charge in [-0.05, 0) is 38.6 Å². The lowest BCUT2D eigenvalue weighted by Gasteiger charge is -2.25. The molecule has 4 heteroatoms. The highest BCUT2D eigenvalue weighted by Crippen LogP contribution is 2.22. The summed E-state index contributed by atoms with van der Waals surface area (Å²) < 4.78 is 0. The van der Waals surface area contributed by atoms with E-state index in [4.69, 9.17) is 0 Å². The van der Waals surface area contributed by atoms with E-state index in [2.05, 4.69) is 10.2 Å². The van der Waals surface area contributed by atoms with Crippen molar-refractivity contribution in [3.05, 3.63) is 0 Å². The first-order chi connectivity index (χ1) is 7.70. The van der Waals surface area contributed by atoms with Crippen LogP contribution in [0, 0.1) is 0 Å². The number of hydrogen-bond acceptors (Lipinski definition) is 3. The lowest BCUT2D eigenvalue weighted by molar-refractivity contribution is -0.126. The van der Waals surface area contributed by atoms with E-state index >= 15 is 0 Å². The Hall–Kier alpha value is -0.610. The lowest BCUT2D eigenvalue weighted by Crippen LogP contribution is -2.46. The molecule has 4 nitrogen and oxygen atoms in total. The minimum Gasteiger partial charge on any atom is -0.392 e. The van der Waals surface area contributed by atoms with Gasteiger partial charge in [0, 0.05) is 12.6 Å². The number of amides is 1. The molecule has 1 aliphatic carbocycles. The molecule has 0 spiro atoms. The molecule has 1 heterocycles. The molecule has 0 radical (unpaired) electrons. The minimum atomic E-state index is -0.297. The molecule has 0 unspecified atom stereocenters. The van der Waals surface area contributed by atoms with Gasteiger partial charge in [-0.25, -0.2) is 0 Å². The average Bonchev–Trinajstić information content (AvgIpc) is 2.95. The molecular weight excluding hydrogens is 204 g/mol. The van der Waals surface area contributed by atoms with Gasteiger partial charge >= 0.3 is 0 Å². The van der Waals surface area contributed by atoms with Crippen LogP contribution in [-0.2, 0) is 4.79 Å². The number of β-amino-alcohol motifs (C(OH)–C–C–N with tert-alkyl or cyclic N) is 1. The number of nitrogens with one attached hydrogen (secondary N) is 1. The summed E-state index contributed by atoms with van der Waals surface area (Å²) >= 11 is 0. The van der Waals surface area contributed by atoms with E-state index in [1.165, 1.54) is 0 Å². The van der Waals surface area contributed by atoms with E-state index in [0.29, 0.717) is 12.6 Å². The Balaban J connectivity index is 1.83. The van der Waals surface area contributed by atoms with Gasteiger partial charge in [-0.1, -0.05) is 6.92 Å². The molecule has 2 N–H and O–H groups in total. The summed E-state index contributed by atoms with van der Waals surface area (Å²) in [6.07, 6.45) is 4.74. The van der Waals surface area contributed by atoms with Crippen LogP contribution in [0.2, 0.25) is 0 Å². The summed E-state index contributed by atoms with van der Waals surface area (Å²) in [5.74, 6) is 0.170. The van der Waals surface area contributed by atoms with Crippen LogP contribution in [0.1, 0.15) is 39.0 Å². The van der Waals surface area contributed by atoms with Crippen LogP contribution < -0.4 is 5.32 Å². The van der Waals surface area contributed by atoms with Crippen LogP contribution in [-0.4, -0.2) is 47.2 Å². The fraction of sp³-hybridized carbons (Fsp3) is 0.917. The fourth-order valence-corrected chi connectivity index (χ4v) is 2.27. The highest BCUT2D eigenvalue weighted by Gasteiger charge is 2.34. The summed E-state index contributed by atoms with van der Waals surface area (Å²) in [6, 6.07) is 0.438.